The Morgan fingerprint density at radius 1 is 1.00 bits per heavy atom. The summed E-state index contributed by atoms with van der Waals surface area (Å²) in [7, 11) is 0. The highest BCUT2D eigenvalue weighted by molar-refractivity contribution is 5.81. The minimum atomic E-state index is -0.317. The van der Waals surface area contributed by atoms with Crippen molar-refractivity contribution in [2.45, 2.75) is 6.92 Å². The Morgan fingerprint density at radius 3 is 2.50 bits per heavy atom. The highest BCUT2D eigenvalue weighted by atomic mass is 16.4. The molecule has 0 amide bonds. The molecular formula is C15H12NO2+. The molecular weight excluding hydrogens is 226 g/mol. The van der Waals surface area contributed by atoms with Crippen LogP contribution in [0.5, 0.6) is 0 Å². The van der Waals surface area contributed by atoms with Crippen LogP contribution < -0.4 is 10.2 Å². The number of benzene rings is 1. The number of pyridine rings is 1. The largest absolute Gasteiger partial charge is 0.418 e. The second kappa shape index (κ2) is 4.11. The summed E-state index contributed by atoms with van der Waals surface area (Å²) < 4.78 is 7.14. The third-order valence-electron chi connectivity index (χ3n) is 3.02. The van der Waals surface area contributed by atoms with Crippen LogP contribution in [0.15, 0.2) is 64.1 Å². The highest BCUT2D eigenvalue weighted by Crippen LogP contribution is 2.18. The van der Waals surface area contributed by atoms with Crippen LogP contribution in [0, 0.1) is 6.92 Å². The Balaban J connectivity index is 2.41. The Morgan fingerprint density at radius 2 is 1.72 bits per heavy atom. The van der Waals surface area contributed by atoms with Crippen LogP contribution in [-0.4, -0.2) is 0 Å². The molecule has 0 unspecified atom stereocenters. The molecule has 0 bridgehead atoms. The van der Waals surface area contributed by atoms with Crippen molar-refractivity contribution < 1.29 is 8.98 Å². The average molecular weight is 238 g/mol. The van der Waals surface area contributed by atoms with Crippen LogP contribution in [0.25, 0.3) is 16.7 Å². The lowest BCUT2D eigenvalue weighted by atomic mass is 10.1. The second-order valence-corrected chi connectivity index (χ2v) is 4.14. The molecule has 2 heterocycles. The monoisotopic (exact) mass is 238 g/mol. The standard InChI is InChI=1S/C15H12NO2/c1-11-12-7-3-4-8-13(12)18-15(17)14(11)16-9-5-2-6-10-16/h2-10H,1H3/q+1. The van der Waals surface area contributed by atoms with Gasteiger partial charge in [0.1, 0.15) is 5.58 Å². The zero-order valence-electron chi connectivity index (χ0n) is 9.96. The SMILES string of the molecule is Cc1c(-[n+]2ccccc2)c(=O)oc2ccccc12. The number of aryl methyl sites for hydroxylation is 1. The van der Waals surface area contributed by atoms with E-state index in [2.05, 4.69) is 0 Å². The summed E-state index contributed by atoms with van der Waals surface area (Å²) >= 11 is 0. The van der Waals surface area contributed by atoms with E-state index in [4.69, 9.17) is 4.42 Å². The molecule has 0 atom stereocenters. The number of hydrogen-bond acceptors (Lipinski definition) is 2. The van der Waals surface area contributed by atoms with Crippen LogP contribution >= 0.6 is 0 Å². The molecule has 0 saturated heterocycles. The maximum Gasteiger partial charge on any atom is 0.409 e. The topological polar surface area (TPSA) is 34.1 Å². The van der Waals surface area contributed by atoms with Crippen molar-refractivity contribution in [2.75, 3.05) is 0 Å². The van der Waals surface area contributed by atoms with Gasteiger partial charge >= 0.3 is 5.63 Å². The van der Waals surface area contributed by atoms with Gasteiger partial charge in [-0.25, -0.2) is 4.79 Å². The van der Waals surface area contributed by atoms with Gasteiger partial charge in [0.25, 0.3) is 5.69 Å². The van der Waals surface area contributed by atoms with Gasteiger partial charge in [0.2, 0.25) is 0 Å². The number of rotatable bonds is 1. The van der Waals surface area contributed by atoms with E-state index in [1.807, 2.05) is 61.8 Å². The quantitative estimate of drug-likeness (QED) is 0.482. The molecule has 3 heteroatoms. The predicted molar refractivity (Wildman–Crippen MR) is 68.8 cm³/mol. The fourth-order valence-electron chi connectivity index (χ4n) is 2.14. The summed E-state index contributed by atoms with van der Waals surface area (Å²) in [5.74, 6) is 0. The van der Waals surface area contributed by atoms with E-state index in [1.165, 1.54) is 0 Å². The van der Waals surface area contributed by atoms with Crippen molar-refractivity contribution in [3.05, 3.63) is 70.8 Å². The average Bonchev–Trinajstić information content (AvgIpc) is 2.40. The van der Waals surface area contributed by atoms with E-state index in [0.717, 1.165) is 10.9 Å². The molecule has 3 rings (SSSR count). The normalized spacial score (nSPS) is 10.7. The Kier molecular flexibility index (Phi) is 2.45. The summed E-state index contributed by atoms with van der Waals surface area (Å²) in [6.07, 6.45) is 3.68. The van der Waals surface area contributed by atoms with Crippen LogP contribution in [0.2, 0.25) is 0 Å². The summed E-state index contributed by atoms with van der Waals surface area (Å²) in [6.45, 7) is 1.94. The predicted octanol–water partition coefficient (Wildman–Crippen LogP) is 2.38. The lowest BCUT2D eigenvalue weighted by Crippen LogP contribution is -2.36. The van der Waals surface area contributed by atoms with E-state index in [-0.39, 0.29) is 5.63 Å². The van der Waals surface area contributed by atoms with Gasteiger partial charge in [-0.15, -0.1) is 0 Å². The van der Waals surface area contributed by atoms with Crippen molar-refractivity contribution in [2.24, 2.45) is 0 Å². The highest BCUT2D eigenvalue weighted by Gasteiger charge is 2.19. The molecule has 1 aromatic carbocycles. The Hall–Kier alpha value is -2.42. The van der Waals surface area contributed by atoms with E-state index in [1.54, 1.807) is 4.57 Å². The summed E-state index contributed by atoms with van der Waals surface area (Å²) in [4.78, 5) is 12.1. The van der Waals surface area contributed by atoms with Gasteiger partial charge in [-0.3, -0.25) is 0 Å². The fourth-order valence-corrected chi connectivity index (χ4v) is 2.14. The zero-order chi connectivity index (χ0) is 12.5. The number of aromatic nitrogens is 1. The molecule has 88 valence electrons. The van der Waals surface area contributed by atoms with Crippen LogP contribution in [0.4, 0.5) is 0 Å². The van der Waals surface area contributed by atoms with Gasteiger partial charge in [0.05, 0.1) is 0 Å². The Bertz CT molecular complexity index is 760. The Labute approximate surface area is 104 Å². The van der Waals surface area contributed by atoms with Gasteiger partial charge in [0.15, 0.2) is 12.4 Å². The molecule has 0 aliphatic carbocycles. The molecule has 0 fully saturated rings. The lowest BCUT2D eigenvalue weighted by Gasteiger charge is -2.02. The molecule has 2 aromatic heterocycles. The number of nitrogens with zero attached hydrogens (tertiary/aromatic N) is 1. The molecule has 0 spiro atoms. The molecule has 18 heavy (non-hydrogen) atoms. The molecule has 0 radical (unpaired) electrons. The number of hydrogen-bond donors (Lipinski definition) is 0. The van der Waals surface area contributed by atoms with Gasteiger partial charge in [-0.05, 0) is 13.0 Å². The van der Waals surface area contributed by atoms with E-state index < -0.39 is 0 Å². The fraction of sp³-hybridized carbons (Fsp3) is 0.0667. The minimum Gasteiger partial charge on any atom is -0.418 e. The van der Waals surface area contributed by atoms with E-state index in [0.29, 0.717) is 11.3 Å². The molecule has 0 N–H and O–H groups in total. The first kappa shape index (κ1) is 10.7. The van der Waals surface area contributed by atoms with E-state index >= 15 is 0 Å². The van der Waals surface area contributed by atoms with Gasteiger partial charge < -0.3 is 4.42 Å². The van der Waals surface area contributed by atoms with Crippen molar-refractivity contribution in [3.8, 4) is 5.69 Å². The summed E-state index contributed by atoms with van der Waals surface area (Å²) in [5, 5.41) is 0.962. The van der Waals surface area contributed by atoms with Crippen LogP contribution in [0.1, 0.15) is 5.56 Å². The zero-order valence-corrected chi connectivity index (χ0v) is 9.96. The molecule has 3 nitrogen and oxygen atoms in total. The number of para-hydroxylation sites is 1. The molecule has 3 aromatic rings. The smallest absolute Gasteiger partial charge is 0.409 e. The maximum absolute atomic E-state index is 12.1. The van der Waals surface area contributed by atoms with Gasteiger partial charge in [0, 0.05) is 23.1 Å². The molecule has 0 aliphatic rings. The van der Waals surface area contributed by atoms with Crippen molar-refractivity contribution in [3.63, 3.8) is 0 Å². The first-order valence-electron chi connectivity index (χ1n) is 5.76. The van der Waals surface area contributed by atoms with Gasteiger partial charge in [-0.1, -0.05) is 24.3 Å². The third kappa shape index (κ3) is 1.61. The molecule has 0 aliphatic heterocycles. The van der Waals surface area contributed by atoms with Gasteiger partial charge in [-0.2, -0.15) is 4.57 Å². The maximum atomic E-state index is 12.1. The summed E-state index contributed by atoms with van der Waals surface area (Å²) in [6, 6.07) is 13.2. The third-order valence-corrected chi connectivity index (χ3v) is 3.02. The minimum absolute atomic E-state index is 0.317. The van der Waals surface area contributed by atoms with Crippen LogP contribution in [0.3, 0.4) is 0 Å². The number of fused-ring (bicyclic) bond motifs is 1. The van der Waals surface area contributed by atoms with Crippen molar-refractivity contribution >= 4 is 11.0 Å². The summed E-state index contributed by atoms with van der Waals surface area (Å²) in [5.41, 5.74) is 1.80. The van der Waals surface area contributed by atoms with Crippen LogP contribution in [-0.2, 0) is 0 Å². The van der Waals surface area contributed by atoms with E-state index in [9.17, 15) is 4.79 Å². The second-order valence-electron chi connectivity index (χ2n) is 4.14. The molecule has 0 saturated carbocycles. The van der Waals surface area contributed by atoms with Crippen molar-refractivity contribution in [1.29, 1.82) is 0 Å². The first-order valence-corrected chi connectivity index (χ1v) is 5.76. The lowest BCUT2D eigenvalue weighted by molar-refractivity contribution is -0.597. The first-order chi connectivity index (χ1) is 8.77. The van der Waals surface area contributed by atoms with Crippen molar-refractivity contribution in [1.82, 2.24) is 0 Å².